The fourth-order valence-electron chi connectivity index (χ4n) is 2.04. The first kappa shape index (κ1) is 12.1. The summed E-state index contributed by atoms with van der Waals surface area (Å²) in [5.74, 6) is 0.723. The first-order valence-electron chi connectivity index (χ1n) is 6.24. The molecular weight excluding hydrogens is 212 g/mol. The molecule has 3 heteroatoms. The smallest absolute Gasteiger partial charge is 0.226 e. The van der Waals surface area contributed by atoms with Crippen LogP contribution in [0.1, 0.15) is 25.5 Å². The third kappa shape index (κ3) is 2.86. The zero-order valence-electron chi connectivity index (χ0n) is 10.4. The monoisotopic (exact) mass is 232 g/mol. The lowest BCUT2D eigenvalue weighted by molar-refractivity contribution is -0.127. The molecule has 0 aliphatic carbocycles. The number of rotatable bonds is 4. The summed E-state index contributed by atoms with van der Waals surface area (Å²) in [5.41, 5.74) is 1.18. The third-order valence-electron chi connectivity index (χ3n) is 3.28. The van der Waals surface area contributed by atoms with Gasteiger partial charge in [0.1, 0.15) is 0 Å². The summed E-state index contributed by atoms with van der Waals surface area (Å²) in [6.45, 7) is 5.89. The molecular formula is C14H20N2O. The fourth-order valence-corrected chi connectivity index (χ4v) is 2.04. The maximum Gasteiger partial charge on any atom is 0.226 e. The van der Waals surface area contributed by atoms with E-state index in [9.17, 15) is 4.79 Å². The van der Waals surface area contributed by atoms with Crippen molar-refractivity contribution in [1.29, 1.82) is 0 Å². The molecule has 1 aromatic carbocycles. The Morgan fingerprint density at radius 1 is 1.29 bits per heavy atom. The van der Waals surface area contributed by atoms with Crippen LogP contribution < -0.4 is 10.6 Å². The minimum absolute atomic E-state index is 0.115. The molecule has 0 spiro atoms. The molecule has 0 radical (unpaired) electrons. The molecule has 3 nitrogen and oxygen atoms in total. The summed E-state index contributed by atoms with van der Waals surface area (Å²) >= 11 is 0. The Kier molecular flexibility index (Phi) is 3.79. The zero-order valence-corrected chi connectivity index (χ0v) is 10.4. The molecule has 0 aromatic heterocycles. The third-order valence-corrected chi connectivity index (χ3v) is 3.28. The van der Waals surface area contributed by atoms with Crippen molar-refractivity contribution >= 4 is 5.91 Å². The molecule has 1 amide bonds. The average molecular weight is 232 g/mol. The molecule has 0 bridgehead atoms. The standard InChI is InChI=1S/C14H20N2O/c1-10(2)13(11-6-4-3-5-7-11)16-14(17)12-8-15-9-12/h3-7,10,12-13,15H,8-9H2,1-2H3,(H,16,17). The van der Waals surface area contributed by atoms with Gasteiger partial charge in [0.05, 0.1) is 12.0 Å². The quantitative estimate of drug-likeness (QED) is 0.830. The molecule has 17 heavy (non-hydrogen) atoms. The van der Waals surface area contributed by atoms with Crippen molar-refractivity contribution in [3.63, 3.8) is 0 Å². The molecule has 0 saturated carbocycles. The molecule has 1 unspecified atom stereocenters. The van der Waals surface area contributed by atoms with Gasteiger partial charge < -0.3 is 10.6 Å². The summed E-state index contributed by atoms with van der Waals surface area (Å²) in [7, 11) is 0. The van der Waals surface area contributed by atoms with Crippen molar-refractivity contribution in [3.8, 4) is 0 Å². The predicted molar refractivity (Wildman–Crippen MR) is 68.5 cm³/mol. The van der Waals surface area contributed by atoms with Gasteiger partial charge in [0, 0.05) is 13.1 Å². The number of hydrogen-bond acceptors (Lipinski definition) is 2. The highest BCUT2D eigenvalue weighted by atomic mass is 16.2. The van der Waals surface area contributed by atoms with Gasteiger partial charge in [0.15, 0.2) is 0 Å². The van der Waals surface area contributed by atoms with Gasteiger partial charge in [0.2, 0.25) is 5.91 Å². The molecule has 1 aliphatic rings. The van der Waals surface area contributed by atoms with Crippen LogP contribution in [0.5, 0.6) is 0 Å². The zero-order chi connectivity index (χ0) is 12.3. The van der Waals surface area contributed by atoms with E-state index in [4.69, 9.17) is 0 Å². The minimum Gasteiger partial charge on any atom is -0.349 e. The Hall–Kier alpha value is -1.35. The van der Waals surface area contributed by atoms with Crippen LogP contribution in [0.15, 0.2) is 30.3 Å². The Balaban J connectivity index is 2.05. The highest BCUT2D eigenvalue weighted by Gasteiger charge is 2.27. The maximum absolute atomic E-state index is 12.0. The molecule has 92 valence electrons. The van der Waals surface area contributed by atoms with Gasteiger partial charge in [-0.1, -0.05) is 44.2 Å². The molecule has 2 N–H and O–H groups in total. The van der Waals surface area contributed by atoms with Crippen LogP contribution in [-0.4, -0.2) is 19.0 Å². The number of hydrogen-bond donors (Lipinski definition) is 2. The Morgan fingerprint density at radius 2 is 1.94 bits per heavy atom. The van der Waals surface area contributed by atoms with Crippen molar-refractivity contribution in [2.75, 3.05) is 13.1 Å². The van der Waals surface area contributed by atoms with E-state index in [-0.39, 0.29) is 17.9 Å². The average Bonchev–Trinajstić information content (AvgIpc) is 2.24. The normalized spacial score (nSPS) is 17.6. The summed E-state index contributed by atoms with van der Waals surface area (Å²) in [6.07, 6.45) is 0. The van der Waals surface area contributed by atoms with Crippen molar-refractivity contribution in [1.82, 2.24) is 10.6 Å². The first-order chi connectivity index (χ1) is 8.18. The lowest BCUT2D eigenvalue weighted by Gasteiger charge is -2.30. The van der Waals surface area contributed by atoms with Crippen LogP contribution in [0, 0.1) is 11.8 Å². The van der Waals surface area contributed by atoms with Crippen LogP contribution in [0.4, 0.5) is 0 Å². The van der Waals surface area contributed by atoms with Gasteiger partial charge in [-0.2, -0.15) is 0 Å². The fraction of sp³-hybridized carbons (Fsp3) is 0.500. The summed E-state index contributed by atoms with van der Waals surface area (Å²) in [5, 5.41) is 6.28. The number of amides is 1. The van der Waals surface area contributed by atoms with E-state index in [1.807, 2.05) is 18.2 Å². The molecule has 1 heterocycles. The van der Waals surface area contributed by atoms with Crippen LogP contribution in [0.25, 0.3) is 0 Å². The van der Waals surface area contributed by atoms with E-state index in [0.717, 1.165) is 13.1 Å². The van der Waals surface area contributed by atoms with Crippen molar-refractivity contribution in [2.45, 2.75) is 19.9 Å². The van der Waals surface area contributed by atoms with Crippen molar-refractivity contribution < 1.29 is 4.79 Å². The van der Waals surface area contributed by atoms with Gasteiger partial charge in [-0.25, -0.2) is 0 Å². The van der Waals surface area contributed by atoms with Crippen molar-refractivity contribution in [3.05, 3.63) is 35.9 Å². The molecule has 1 atom stereocenters. The molecule has 1 fully saturated rings. The van der Waals surface area contributed by atoms with Gasteiger partial charge in [-0.3, -0.25) is 4.79 Å². The summed E-state index contributed by atoms with van der Waals surface area (Å²) in [6, 6.07) is 10.3. The largest absolute Gasteiger partial charge is 0.349 e. The van der Waals surface area contributed by atoms with E-state index in [0.29, 0.717) is 5.92 Å². The number of carbonyl (C=O) groups excluding carboxylic acids is 1. The van der Waals surface area contributed by atoms with Gasteiger partial charge >= 0.3 is 0 Å². The predicted octanol–water partition coefficient (Wildman–Crippen LogP) is 1.72. The van der Waals surface area contributed by atoms with E-state index < -0.39 is 0 Å². The Labute approximate surface area is 103 Å². The van der Waals surface area contributed by atoms with Crippen LogP contribution in [-0.2, 0) is 4.79 Å². The van der Waals surface area contributed by atoms with Crippen LogP contribution in [0.2, 0.25) is 0 Å². The minimum atomic E-state index is 0.115. The Morgan fingerprint density at radius 3 is 2.41 bits per heavy atom. The number of benzene rings is 1. The second kappa shape index (κ2) is 5.32. The Bertz CT molecular complexity index is 371. The highest BCUT2D eigenvalue weighted by Crippen LogP contribution is 2.22. The number of nitrogens with one attached hydrogen (secondary N) is 2. The molecule has 1 saturated heterocycles. The van der Waals surface area contributed by atoms with Gasteiger partial charge in [-0.15, -0.1) is 0 Å². The number of carbonyl (C=O) groups is 1. The van der Waals surface area contributed by atoms with Crippen LogP contribution in [0.3, 0.4) is 0 Å². The van der Waals surface area contributed by atoms with E-state index >= 15 is 0 Å². The van der Waals surface area contributed by atoms with Gasteiger partial charge in [-0.05, 0) is 11.5 Å². The molecule has 2 rings (SSSR count). The highest BCUT2D eigenvalue weighted by molar-refractivity contribution is 5.80. The lowest BCUT2D eigenvalue weighted by atomic mass is 9.94. The van der Waals surface area contributed by atoms with E-state index in [1.165, 1.54) is 5.56 Å². The molecule has 1 aliphatic heterocycles. The van der Waals surface area contributed by atoms with Gasteiger partial charge in [0.25, 0.3) is 0 Å². The topological polar surface area (TPSA) is 41.1 Å². The SMILES string of the molecule is CC(C)C(NC(=O)C1CNC1)c1ccccc1. The van der Waals surface area contributed by atoms with E-state index in [1.54, 1.807) is 0 Å². The van der Waals surface area contributed by atoms with E-state index in [2.05, 4.69) is 36.6 Å². The summed E-state index contributed by atoms with van der Waals surface area (Å²) in [4.78, 5) is 12.0. The van der Waals surface area contributed by atoms with Crippen molar-refractivity contribution in [2.24, 2.45) is 11.8 Å². The maximum atomic E-state index is 12.0. The first-order valence-corrected chi connectivity index (χ1v) is 6.24. The second-order valence-corrected chi connectivity index (χ2v) is 5.00. The molecule has 1 aromatic rings. The summed E-state index contributed by atoms with van der Waals surface area (Å²) < 4.78 is 0. The lowest BCUT2D eigenvalue weighted by Crippen LogP contribution is -2.51. The second-order valence-electron chi connectivity index (χ2n) is 5.00. The van der Waals surface area contributed by atoms with Crippen LogP contribution >= 0.6 is 0 Å².